The van der Waals surface area contributed by atoms with Crippen molar-refractivity contribution in [3.63, 3.8) is 0 Å². The molecule has 0 aromatic heterocycles. The summed E-state index contributed by atoms with van der Waals surface area (Å²) < 4.78 is 0. The van der Waals surface area contributed by atoms with Crippen LogP contribution in [0.4, 0.5) is 0 Å². The smallest absolute Gasteiger partial charge is 0.547 e. The maximum Gasteiger partial charge on any atom is 4.00 e. The van der Waals surface area contributed by atoms with Crippen molar-refractivity contribution in [2.75, 3.05) is 0 Å². The second kappa shape index (κ2) is 55.3. The maximum atomic E-state index is 9.84. The number of aliphatic hydroxyl groups excluding tert-OH is 6. The Balaban J connectivity index is -0.0000000686. The molecule has 0 aliphatic heterocycles. The number of carbonyl (C=O) groups excluding carboxylic acids is 6. The van der Waals surface area contributed by atoms with E-state index >= 15 is 0 Å². The van der Waals surface area contributed by atoms with Gasteiger partial charge in [-0.05, 0) is 38.5 Å². The molecule has 340 valence electrons. The van der Waals surface area contributed by atoms with Crippen LogP contribution in [0.3, 0.4) is 0 Å². The molecule has 57 heavy (non-hydrogen) atoms. The van der Waals surface area contributed by atoms with Crippen molar-refractivity contribution >= 4 is 35.8 Å². The first kappa shape index (κ1) is 75.1. The van der Waals surface area contributed by atoms with Gasteiger partial charge in [0, 0.05) is 0 Å². The van der Waals surface area contributed by atoms with Gasteiger partial charge in [0.05, 0.1) is 72.4 Å². The zero-order chi connectivity index (χ0) is 43.7. The summed E-state index contributed by atoms with van der Waals surface area (Å²) in [6.45, 7) is 11.6. The molecule has 0 spiro atoms. The Morgan fingerprint density at radius 2 is 0.404 bits per heavy atom. The van der Waals surface area contributed by atoms with Crippen LogP contribution >= 0.6 is 0 Å². The van der Waals surface area contributed by atoms with Gasteiger partial charge in [-0.25, -0.2) is 0 Å². The first-order valence-electron chi connectivity index (χ1n) is 18.4. The van der Waals surface area contributed by atoms with Crippen molar-refractivity contribution in [3.8, 4) is 0 Å². The zero-order valence-corrected chi connectivity index (χ0v) is 36.8. The molecular weight excluding hydrogens is 796 g/mol. The number of quaternary nitrogens is 2. The molecule has 0 saturated carbocycles. The third-order valence-electron chi connectivity index (χ3n) is 6.62. The Kier molecular flexibility index (Phi) is 72.9. The first-order valence-corrected chi connectivity index (χ1v) is 18.4. The summed E-state index contributed by atoms with van der Waals surface area (Å²) >= 11 is 0. The Labute approximate surface area is 352 Å². The van der Waals surface area contributed by atoms with Crippen molar-refractivity contribution < 1.29 is 112 Å². The van der Waals surface area contributed by atoms with E-state index in [1.807, 2.05) is 41.5 Å². The normalized spacial score (nSPS) is 12.4. The molecule has 0 radical (unpaired) electrons. The van der Waals surface area contributed by atoms with Crippen LogP contribution in [0, 0.1) is 0 Å². The summed E-state index contributed by atoms with van der Waals surface area (Å²) in [6, 6.07) is 0. The average Bonchev–Trinajstić information content (AvgIpc) is 3.12. The van der Waals surface area contributed by atoms with Gasteiger partial charge in [0.2, 0.25) is 0 Å². The molecule has 0 rings (SSSR count). The minimum Gasteiger partial charge on any atom is -0.547 e. The van der Waals surface area contributed by atoms with Crippen LogP contribution in [0.15, 0.2) is 0 Å². The molecule has 0 amide bonds. The van der Waals surface area contributed by atoms with Gasteiger partial charge in [-0.3, -0.25) is 0 Å². The number of hydrogen-bond acceptors (Lipinski definition) is 18. The molecule has 6 unspecified atom stereocenters. The largest absolute Gasteiger partial charge is 4.00 e. The summed E-state index contributed by atoms with van der Waals surface area (Å²) in [5, 5.41) is 111. The second-order valence-corrected chi connectivity index (χ2v) is 11.9. The molecule has 0 bridgehead atoms. The molecule has 0 aromatic rings. The predicted molar refractivity (Wildman–Crippen MR) is 195 cm³/mol. The van der Waals surface area contributed by atoms with E-state index in [2.05, 4.69) is 0 Å². The van der Waals surface area contributed by atoms with Crippen molar-refractivity contribution in [1.29, 1.82) is 0 Å². The van der Waals surface area contributed by atoms with Crippen LogP contribution in [-0.4, -0.2) is 103 Å². The number of carboxylic acids is 6. The molecule has 0 saturated heterocycles. The van der Waals surface area contributed by atoms with E-state index in [1.165, 1.54) is 0 Å². The van der Waals surface area contributed by atoms with Crippen LogP contribution in [0.1, 0.15) is 157 Å². The second-order valence-electron chi connectivity index (χ2n) is 11.9. The molecule has 0 aliphatic rings. The number of carboxylic acid groups (broad SMARTS) is 6. The van der Waals surface area contributed by atoms with Crippen LogP contribution in [-0.2, 0) is 50.5 Å². The Hall–Kier alpha value is -2.79. The van der Waals surface area contributed by atoms with E-state index in [0.717, 1.165) is 77.0 Å². The van der Waals surface area contributed by atoms with Crippen molar-refractivity contribution in [2.45, 2.75) is 194 Å². The Morgan fingerprint density at radius 1 is 0.316 bits per heavy atom. The number of aliphatic carboxylic acids is 6. The quantitative estimate of drug-likeness (QED) is 0.0436. The fourth-order valence-corrected chi connectivity index (χ4v) is 3.09. The summed E-state index contributed by atoms with van der Waals surface area (Å²) in [7, 11) is 0. The molecule has 21 heteroatoms. The minimum absolute atomic E-state index is 0. The van der Waals surface area contributed by atoms with Crippen LogP contribution in [0.5, 0.6) is 0 Å². The summed E-state index contributed by atoms with van der Waals surface area (Å²) in [6.07, 6.45) is 3.93. The summed E-state index contributed by atoms with van der Waals surface area (Å²) in [5.41, 5.74) is 0. The van der Waals surface area contributed by atoms with Gasteiger partial charge in [0.15, 0.2) is 0 Å². The maximum absolute atomic E-state index is 9.84. The molecule has 0 aromatic carbocycles. The molecule has 0 heterocycles. The Morgan fingerprint density at radius 3 is 0.456 bits per heavy atom. The number of hydrogen-bond donors (Lipinski definition) is 8. The fraction of sp³-hybridized carbons (Fsp3) is 0.833. The molecular formula is C36H74N2O18Ti. The zero-order valence-electron chi connectivity index (χ0n) is 35.3. The Bertz CT molecular complexity index is 748. The number of carbonyl (C=O) groups is 6. The van der Waals surface area contributed by atoms with Crippen LogP contribution in [0.25, 0.3) is 0 Å². The molecule has 14 N–H and O–H groups in total. The van der Waals surface area contributed by atoms with Gasteiger partial charge in [-0.15, -0.1) is 0 Å². The van der Waals surface area contributed by atoms with Crippen LogP contribution in [0.2, 0.25) is 0 Å². The number of unbranched alkanes of at least 4 members (excludes halogenated alkanes) is 6. The first-order chi connectivity index (χ1) is 25.1. The molecule has 0 fully saturated rings. The van der Waals surface area contributed by atoms with Crippen molar-refractivity contribution in [3.05, 3.63) is 0 Å². The monoisotopic (exact) mass is 870 g/mol. The van der Waals surface area contributed by atoms with Gasteiger partial charge in [0.1, 0.15) is 0 Å². The van der Waals surface area contributed by atoms with E-state index in [-0.39, 0.29) is 34.0 Å². The SMILES string of the molecule is CCCCC(O)C(=O)[O-].CCCCC(O)C(=O)[O-].CCCCC(O)C(=O)[O-].CCCCC(O)C(=O)[O-].CCCCC(O)C(=O)[O-].CCCCC(O)C(=O)[O-].[NH4+].[NH4+].[Ti+4]. The predicted octanol–water partition coefficient (Wildman–Crippen LogP) is -3.53. The van der Waals surface area contributed by atoms with Gasteiger partial charge in [-0.2, -0.15) is 0 Å². The number of aliphatic hydroxyl groups is 6. The van der Waals surface area contributed by atoms with E-state index < -0.39 is 72.4 Å². The average molecular weight is 871 g/mol. The fourth-order valence-electron chi connectivity index (χ4n) is 3.09. The molecule has 6 atom stereocenters. The molecule has 0 aliphatic carbocycles. The topological polar surface area (TPSA) is 435 Å². The van der Waals surface area contributed by atoms with E-state index in [9.17, 15) is 59.4 Å². The summed E-state index contributed by atoms with van der Waals surface area (Å²) in [4.78, 5) is 59.1. The van der Waals surface area contributed by atoms with Crippen molar-refractivity contribution in [2.24, 2.45) is 0 Å². The van der Waals surface area contributed by atoms with Gasteiger partial charge < -0.3 is 102 Å². The van der Waals surface area contributed by atoms with E-state index in [0.29, 0.717) is 38.5 Å². The summed E-state index contributed by atoms with van der Waals surface area (Å²) in [5.74, 6) is -8.23. The molecule has 20 nitrogen and oxygen atoms in total. The van der Waals surface area contributed by atoms with Crippen LogP contribution < -0.4 is 42.9 Å². The van der Waals surface area contributed by atoms with Gasteiger partial charge >= 0.3 is 21.7 Å². The third-order valence-corrected chi connectivity index (χ3v) is 6.62. The number of rotatable bonds is 24. The van der Waals surface area contributed by atoms with Crippen molar-refractivity contribution in [1.82, 2.24) is 12.3 Å². The third kappa shape index (κ3) is 68.3. The van der Waals surface area contributed by atoms with Gasteiger partial charge in [-0.1, -0.05) is 119 Å². The van der Waals surface area contributed by atoms with E-state index in [1.54, 1.807) is 0 Å². The van der Waals surface area contributed by atoms with E-state index in [4.69, 9.17) is 30.6 Å². The standard InChI is InChI=1S/6C6H12O3.2H3N.Ti/c6*1-2-3-4-5(7)6(8)9;;;/h6*5,7H,2-4H2,1H3,(H,8,9);2*1H3;/q;;;;;;;;+4/p-4. The van der Waals surface area contributed by atoms with Gasteiger partial charge in [0.25, 0.3) is 0 Å². The minimum atomic E-state index is -1.37.